The second-order valence-corrected chi connectivity index (χ2v) is 8.03. The molecule has 0 spiro atoms. The SMILES string of the molecule is CC(=O)c1ccc(N/C(=N\S(=O)(=O)c2ccc(Cl)cc2)c2ccccc2)cc1. The number of anilines is 1. The summed E-state index contributed by atoms with van der Waals surface area (Å²) in [5, 5.41) is 3.47. The van der Waals surface area contributed by atoms with E-state index in [1.54, 1.807) is 48.5 Å². The first-order valence-corrected chi connectivity index (χ1v) is 10.2. The second kappa shape index (κ2) is 8.37. The van der Waals surface area contributed by atoms with Crippen molar-refractivity contribution in [3.8, 4) is 0 Å². The van der Waals surface area contributed by atoms with Gasteiger partial charge in [0.05, 0.1) is 4.90 Å². The van der Waals surface area contributed by atoms with Crippen molar-refractivity contribution < 1.29 is 13.2 Å². The summed E-state index contributed by atoms with van der Waals surface area (Å²) in [7, 11) is -3.95. The molecule has 0 saturated heterocycles. The number of benzene rings is 3. The van der Waals surface area contributed by atoms with Gasteiger partial charge in [-0.3, -0.25) is 4.79 Å². The summed E-state index contributed by atoms with van der Waals surface area (Å²) in [5.41, 5.74) is 1.78. The number of nitrogens with one attached hydrogen (secondary N) is 1. The maximum atomic E-state index is 12.7. The molecule has 0 fully saturated rings. The lowest BCUT2D eigenvalue weighted by Crippen LogP contribution is -2.16. The predicted molar refractivity (Wildman–Crippen MR) is 112 cm³/mol. The Labute approximate surface area is 168 Å². The van der Waals surface area contributed by atoms with Gasteiger partial charge in [-0.15, -0.1) is 4.40 Å². The molecule has 1 N–H and O–H groups in total. The van der Waals surface area contributed by atoms with Crippen LogP contribution in [0.5, 0.6) is 0 Å². The Bertz CT molecular complexity index is 1110. The van der Waals surface area contributed by atoms with E-state index in [1.807, 2.05) is 6.07 Å². The molecule has 142 valence electrons. The number of hydrogen-bond donors (Lipinski definition) is 1. The lowest BCUT2D eigenvalue weighted by Gasteiger charge is -2.11. The van der Waals surface area contributed by atoms with Crippen LogP contribution in [0.1, 0.15) is 22.8 Å². The number of amidine groups is 1. The predicted octanol–water partition coefficient (Wildman–Crippen LogP) is 4.79. The number of nitrogens with zero attached hydrogens (tertiary/aromatic N) is 1. The summed E-state index contributed by atoms with van der Waals surface area (Å²) >= 11 is 5.84. The largest absolute Gasteiger partial charge is 0.339 e. The summed E-state index contributed by atoms with van der Waals surface area (Å²) in [6.45, 7) is 1.48. The molecule has 0 heterocycles. The van der Waals surface area contributed by atoms with Gasteiger partial charge in [0.15, 0.2) is 11.6 Å². The Balaban J connectivity index is 2.01. The Morgan fingerprint density at radius 3 is 2.04 bits per heavy atom. The number of sulfonamides is 1. The van der Waals surface area contributed by atoms with Crippen molar-refractivity contribution in [1.82, 2.24) is 0 Å². The Kier molecular flexibility index (Phi) is 5.92. The smallest absolute Gasteiger partial charge is 0.284 e. The molecule has 3 rings (SSSR count). The highest BCUT2D eigenvalue weighted by Gasteiger charge is 2.16. The van der Waals surface area contributed by atoms with Crippen molar-refractivity contribution in [3.63, 3.8) is 0 Å². The number of carbonyl (C=O) groups is 1. The molecule has 0 atom stereocenters. The zero-order chi connectivity index (χ0) is 20.1. The molecular formula is C21H17ClN2O3S. The maximum absolute atomic E-state index is 12.7. The van der Waals surface area contributed by atoms with E-state index in [-0.39, 0.29) is 16.5 Å². The van der Waals surface area contributed by atoms with E-state index in [4.69, 9.17) is 11.6 Å². The van der Waals surface area contributed by atoms with Crippen molar-refractivity contribution in [2.24, 2.45) is 4.40 Å². The van der Waals surface area contributed by atoms with Gasteiger partial charge in [0.25, 0.3) is 10.0 Å². The molecule has 7 heteroatoms. The third-order valence-corrected chi connectivity index (χ3v) is 5.47. The highest BCUT2D eigenvalue weighted by Crippen LogP contribution is 2.19. The first-order valence-electron chi connectivity index (χ1n) is 8.39. The number of rotatable bonds is 5. The molecule has 3 aromatic carbocycles. The lowest BCUT2D eigenvalue weighted by atomic mass is 10.1. The van der Waals surface area contributed by atoms with Crippen LogP contribution in [-0.4, -0.2) is 20.0 Å². The molecule has 0 radical (unpaired) electrons. The average molecular weight is 413 g/mol. The Hall–Kier alpha value is -2.96. The third kappa shape index (κ3) is 4.85. The van der Waals surface area contributed by atoms with E-state index in [0.29, 0.717) is 21.8 Å². The van der Waals surface area contributed by atoms with E-state index >= 15 is 0 Å². The van der Waals surface area contributed by atoms with Gasteiger partial charge in [-0.05, 0) is 55.5 Å². The van der Waals surface area contributed by atoms with Crippen LogP contribution in [0.4, 0.5) is 5.69 Å². The molecule has 28 heavy (non-hydrogen) atoms. The minimum absolute atomic E-state index is 0.0408. The van der Waals surface area contributed by atoms with Crippen LogP contribution in [0, 0.1) is 0 Å². The van der Waals surface area contributed by atoms with Crippen molar-refractivity contribution in [3.05, 3.63) is 95.0 Å². The first-order chi connectivity index (χ1) is 13.3. The van der Waals surface area contributed by atoms with Crippen LogP contribution >= 0.6 is 11.6 Å². The van der Waals surface area contributed by atoms with E-state index < -0.39 is 10.0 Å². The number of ketones is 1. The normalized spacial score (nSPS) is 11.9. The topological polar surface area (TPSA) is 75.6 Å². The molecule has 0 aliphatic heterocycles. The summed E-state index contributed by atoms with van der Waals surface area (Å²) in [4.78, 5) is 11.5. The Morgan fingerprint density at radius 2 is 1.46 bits per heavy atom. The Morgan fingerprint density at radius 1 is 0.857 bits per heavy atom. The monoisotopic (exact) mass is 412 g/mol. The van der Waals surface area contributed by atoms with Crippen molar-refractivity contribution >= 4 is 38.9 Å². The fourth-order valence-corrected chi connectivity index (χ4v) is 3.55. The number of carbonyl (C=O) groups excluding carboxylic acids is 1. The van der Waals surface area contributed by atoms with Crippen LogP contribution in [0.25, 0.3) is 0 Å². The summed E-state index contributed by atoms with van der Waals surface area (Å²) in [5.74, 6) is 0.125. The number of halogens is 1. The quantitative estimate of drug-likeness (QED) is 0.371. The van der Waals surface area contributed by atoms with Gasteiger partial charge in [-0.2, -0.15) is 8.42 Å². The van der Waals surface area contributed by atoms with E-state index in [2.05, 4.69) is 9.71 Å². The van der Waals surface area contributed by atoms with Crippen molar-refractivity contribution in [2.45, 2.75) is 11.8 Å². The molecule has 0 aromatic heterocycles. The molecule has 0 amide bonds. The van der Waals surface area contributed by atoms with Crippen molar-refractivity contribution in [1.29, 1.82) is 0 Å². The van der Waals surface area contributed by atoms with Gasteiger partial charge in [-0.25, -0.2) is 0 Å². The molecule has 0 aliphatic carbocycles. The number of hydrogen-bond acceptors (Lipinski definition) is 3. The third-order valence-electron chi connectivity index (χ3n) is 3.92. The molecule has 0 saturated carbocycles. The fourth-order valence-electron chi connectivity index (χ4n) is 2.45. The van der Waals surface area contributed by atoms with Gasteiger partial charge >= 0.3 is 0 Å². The molecule has 0 bridgehead atoms. The standard InChI is InChI=1S/C21H17ClN2O3S/c1-15(25)16-7-11-19(12-8-16)23-21(17-5-3-2-4-6-17)24-28(26,27)20-13-9-18(22)10-14-20/h2-14H,1H3,(H,23,24). The lowest BCUT2D eigenvalue weighted by molar-refractivity contribution is 0.101. The summed E-state index contributed by atoms with van der Waals surface area (Å²) in [6, 6.07) is 21.5. The van der Waals surface area contributed by atoms with Crippen molar-refractivity contribution in [2.75, 3.05) is 5.32 Å². The first kappa shape index (κ1) is 19.8. The van der Waals surface area contributed by atoms with Gasteiger partial charge in [0.2, 0.25) is 0 Å². The molecule has 0 unspecified atom stereocenters. The molecular weight excluding hydrogens is 396 g/mol. The minimum Gasteiger partial charge on any atom is -0.339 e. The molecule has 5 nitrogen and oxygen atoms in total. The second-order valence-electron chi connectivity index (χ2n) is 5.99. The average Bonchev–Trinajstić information content (AvgIpc) is 2.69. The fraction of sp³-hybridized carbons (Fsp3) is 0.0476. The van der Waals surface area contributed by atoms with Crippen LogP contribution in [0.2, 0.25) is 5.02 Å². The van der Waals surface area contributed by atoms with Crippen LogP contribution in [-0.2, 0) is 10.0 Å². The van der Waals surface area contributed by atoms with Crippen LogP contribution in [0.3, 0.4) is 0 Å². The molecule has 3 aromatic rings. The number of Topliss-reactive ketones (excluding diaryl/α,β-unsaturated/α-hetero) is 1. The highest BCUT2D eigenvalue weighted by molar-refractivity contribution is 7.90. The van der Waals surface area contributed by atoms with Gasteiger partial charge in [0.1, 0.15) is 0 Å². The zero-order valence-electron chi connectivity index (χ0n) is 15.0. The van der Waals surface area contributed by atoms with Gasteiger partial charge < -0.3 is 5.32 Å². The summed E-state index contributed by atoms with van der Waals surface area (Å²) < 4.78 is 29.5. The minimum atomic E-state index is -3.95. The highest BCUT2D eigenvalue weighted by atomic mass is 35.5. The maximum Gasteiger partial charge on any atom is 0.284 e. The van der Waals surface area contributed by atoms with Gasteiger partial charge in [-0.1, -0.05) is 41.9 Å². The van der Waals surface area contributed by atoms with Gasteiger partial charge in [0, 0.05) is 21.8 Å². The van der Waals surface area contributed by atoms with E-state index in [9.17, 15) is 13.2 Å². The van der Waals surface area contributed by atoms with Crippen LogP contribution in [0.15, 0.2) is 88.2 Å². The zero-order valence-corrected chi connectivity index (χ0v) is 16.5. The molecule has 0 aliphatic rings. The van der Waals surface area contributed by atoms with E-state index in [1.165, 1.54) is 31.2 Å². The van der Waals surface area contributed by atoms with Crippen LogP contribution < -0.4 is 5.32 Å². The summed E-state index contributed by atoms with van der Waals surface area (Å²) in [6.07, 6.45) is 0. The van der Waals surface area contributed by atoms with E-state index in [0.717, 1.165) is 0 Å².